The quantitative estimate of drug-likeness (QED) is 0.611. The second-order valence-corrected chi connectivity index (χ2v) is 4.39. The van der Waals surface area contributed by atoms with Crippen LogP contribution in [0.5, 0.6) is 0 Å². The van der Waals surface area contributed by atoms with Gasteiger partial charge in [0.25, 0.3) is 0 Å². The van der Waals surface area contributed by atoms with Gasteiger partial charge in [-0.2, -0.15) is 0 Å². The van der Waals surface area contributed by atoms with E-state index in [1.807, 2.05) is 0 Å². The Morgan fingerprint density at radius 1 is 1.41 bits per heavy atom. The number of hydrogen-bond donors (Lipinski definition) is 2. The highest BCUT2D eigenvalue weighted by molar-refractivity contribution is 5.72. The lowest BCUT2D eigenvalue weighted by Crippen LogP contribution is -2.35. The molecule has 2 unspecified atom stereocenters. The summed E-state index contributed by atoms with van der Waals surface area (Å²) in [6.45, 7) is 9.16. The van der Waals surface area contributed by atoms with Crippen molar-refractivity contribution in [2.75, 3.05) is 32.7 Å². The molecule has 0 aromatic heterocycles. The first-order valence-corrected chi connectivity index (χ1v) is 6.48. The molecule has 5 heteroatoms. The summed E-state index contributed by atoms with van der Waals surface area (Å²) in [7, 11) is 0. The highest BCUT2D eigenvalue weighted by atomic mass is 16.5. The molecule has 1 heterocycles. The fourth-order valence-electron chi connectivity index (χ4n) is 2.08. The molecule has 17 heavy (non-hydrogen) atoms. The summed E-state index contributed by atoms with van der Waals surface area (Å²) in [5, 5.41) is 12.1. The van der Waals surface area contributed by atoms with Crippen LogP contribution in [0.1, 0.15) is 26.7 Å². The molecule has 1 fully saturated rings. The second-order valence-electron chi connectivity index (χ2n) is 4.39. The van der Waals surface area contributed by atoms with Crippen molar-refractivity contribution in [3.63, 3.8) is 0 Å². The first-order chi connectivity index (χ1) is 8.17. The topological polar surface area (TPSA) is 61.8 Å². The normalized spacial score (nSPS) is 24.4. The maximum Gasteiger partial charge on any atom is 0.332 e. The zero-order valence-corrected chi connectivity index (χ0v) is 10.8. The van der Waals surface area contributed by atoms with Gasteiger partial charge in [0.15, 0.2) is 6.10 Å². The number of hydrogen-bond acceptors (Lipinski definition) is 4. The molecule has 100 valence electrons. The monoisotopic (exact) mass is 244 g/mol. The Morgan fingerprint density at radius 3 is 2.65 bits per heavy atom. The summed E-state index contributed by atoms with van der Waals surface area (Å²) in [5.41, 5.74) is 0. The fourth-order valence-corrected chi connectivity index (χ4v) is 2.08. The average molecular weight is 244 g/mol. The van der Waals surface area contributed by atoms with Gasteiger partial charge in [-0.1, -0.05) is 13.8 Å². The van der Waals surface area contributed by atoms with E-state index in [0.717, 1.165) is 39.1 Å². The lowest BCUT2D eigenvalue weighted by Gasteiger charge is -2.19. The summed E-state index contributed by atoms with van der Waals surface area (Å²) in [6.07, 6.45) is 0.949. The van der Waals surface area contributed by atoms with Crippen LogP contribution in [0.4, 0.5) is 0 Å². The predicted molar refractivity (Wildman–Crippen MR) is 66.2 cm³/mol. The van der Waals surface area contributed by atoms with Crippen molar-refractivity contribution in [3.05, 3.63) is 0 Å². The third-order valence-electron chi connectivity index (χ3n) is 3.25. The molecule has 0 amide bonds. The Balaban J connectivity index is 2.06. The lowest BCUT2D eigenvalue weighted by molar-refractivity contribution is -0.149. The highest BCUT2D eigenvalue weighted by Crippen LogP contribution is 2.18. The third-order valence-corrected chi connectivity index (χ3v) is 3.25. The van der Waals surface area contributed by atoms with Gasteiger partial charge in [0.05, 0.1) is 6.10 Å². The zero-order chi connectivity index (χ0) is 12.7. The van der Waals surface area contributed by atoms with Gasteiger partial charge < -0.3 is 20.1 Å². The van der Waals surface area contributed by atoms with Crippen molar-refractivity contribution >= 4 is 5.97 Å². The maximum atomic E-state index is 10.7. The van der Waals surface area contributed by atoms with E-state index in [1.54, 1.807) is 0 Å². The van der Waals surface area contributed by atoms with Crippen LogP contribution < -0.4 is 5.32 Å². The van der Waals surface area contributed by atoms with Gasteiger partial charge >= 0.3 is 5.97 Å². The predicted octanol–water partition coefficient (Wildman–Crippen LogP) is 0.550. The molecule has 1 saturated heterocycles. The molecule has 0 aromatic rings. The molecule has 1 aliphatic rings. The van der Waals surface area contributed by atoms with Crippen LogP contribution in [0.2, 0.25) is 0 Å². The van der Waals surface area contributed by atoms with Gasteiger partial charge in [-0.3, -0.25) is 0 Å². The van der Waals surface area contributed by atoms with Gasteiger partial charge in [0, 0.05) is 19.6 Å². The summed E-state index contributed by atoms with van der Waals surface area (Å²) in [6, 6.07) is 0. The van der Waals surface area contributed by atoms with Crippen molar-refractivity contribution in [3.8, 4) is 0 Å². The number of carboxylic acids is 1. The van der Waals surface area contributed by atoms with Crippen LogP contribution >= 0.6 is 0 Å². The van der Waals surface area contributed by atoms with E-state index in [-0.39, 0.29) is 6.10 Å². The second kappa shape index (κ2) is 7.63. The maximum absolute atomic E-state index is 10.7. The minimum atomic E-state index is -0.837. The molecule has 0 bridgehead atoms. The van der Waals surface area contributed by atoms with Gasteiger partial charge in [-0.05, 0) is 25.9 Å². The summed E-state index contributed by atoms with van der Waals surface area (Å²) >= 11 is 0. The SMILES string of the molecule is CCN(CC)CCNCC1CCC(C(=O)O)O1. The van der Waals surface area contributed by atoms with Crippen molar-refractivity contribution < 1.29 is 14.6 Å². The number of nitrogens with zero attached hydrogens (tertiary/aromatic N) is 1. The van der Waals surface area contributed by atoms with Crippen molar-refractivity contribution in [2.45, 2.75) is 38.9 Å². The van der Waals surface area contributed by atoms with E-state index in [0.29, 0.717) is 6.42 Å². The van der Waals surface area contributed by atoms with Crippen LogP contribution in [0.3, 0.4) is 0 Å². The molecular weight excluding hydrogens is 220 g/mol. The Morgan fingerprint density at radius 2 is 2.12 bits per heavy atom. The standard InChI is InChI=1S/C12H24N2O3/c1-3-14(4-2)8-7-13-9-10-5-6-11(17-10)12(15)16/h10-11,13H,3-9H2,1-2H3,(H,15,16). The number of carboxylic acid groups (broad SMARTS) is 1. The van der Waals surface area contributed by atoms with Crippen LogP contribution in [0.25, 0.3) is 0 Å². The molecule has 0 spiro atoms. The molecule has 0 radical (unpaired) electrons. The Kier molecular flexibility index (Phi) is 6.47. The average Bonchev–Trinajstić information content (AvgIpc) is 2.78. The molecular formula is C12H24N2O3. The summed E-state index contributed by atoms with van der Waals surface area (Å²) in [4.78, 5) is 13.0. The highest BCUT2D eigenvalue weighted by Gasteiger charge is 2.29. The number of ether oxygens (including phenoxy) is 1. The Labute approximate surface area is 103 Å². The number of carbonyl (C=O) groups is 1. The summed E-state index contributed by atoms with van der Waals surface area (Å²) < 4.78 is 5.41. The fraction of sp³-hybridized carbons (Fsp3) is 0.917. The molecule has 0 aliphatic carbocycles. The van der Waals surface area contributed by atoms with Crippen LogP contribution in [-0.4, -0.2) is 60.9 Å². The first-order valence-electron chi connectivity index (χ1n) is 6.48. The van der Waals surface area contributed by atoms with Crippen molar-refractivity contribution in [1.82, 2.24) is 10.2 Å². The third kappa shape index (κ3) is 5.02. The van der Waals surface area contributed by atoms with E-state index < -0.39 is 12.1 Å². The molecule has 2 atom stereocenters. The molecule has 0 saturated carbocycles. The van der Waals surface area contributed by atoms with Gasteiger partial charge in [-0.25, -0.2) is 4.79 Å². The molecule has 0 aromatic carbocycles. The minimum Gasteiger partial charge on any atom is -0.479 e. The molecule has 5 nitrogen and oxygen atoms in total. The van der Waals surface area contributed by atoms with Crippen LogP contribution in [0.15, 0.2) is 0 Å². The number of nitrogens with one attached hydrogen (secondary N) is 1. The van der Waals surface area contributed by atoms with Crippen molar-refractivity contribution in [1.29, 1.82) is 0 Å². The first kappa shape index (κ1) is 14.4. The molecule has 1 aliphatic heterocycles. The number of likely N-dealkylation sites (N-methyl/N-ethyl adjacent to an activating group) is 1. The molecule has 2 N–H and O–H groups in total. The summed E-state index contributed by atoms with van der Waals surface area (Å²) in [5.74, 6) is -0.837. The molecule has 1 rings (SSSR count). The minimum absolute atomic E-state index is 0.0628. The van der Waals surface area contributed by atoms with E-state index in [4.69, 9.17) is 9.84 Å². The Bertz CT molecular complexity index is 232. The van der Waals surface area contributed by atoms with Gasteiger partial charge in [-0.15, -0.1) is 0 Å². The smallest absolute Gasteiger partial charge is 0.332 e. The van der Waals surface area contributed by atoms with E-state index >= 15 is 0 Å². The number of aliphatic carboxylic acids is 1. The number of rotatable bonds is 8. The van der Waals surface area contributed by atoms with Crippen LogP contribution in [0, 0.1) is 0 Å². The van der Waals surface area contributed by atoms with E-state index in [9.17, 15) is 4.79 Å². The van der Waals surface area contributed by atoms with Crippen molar-refractivity contribution in [2.24, 2.45) is 0 Å². The van der Waals surface area contributed by atoms with Crippen LogP contribution in [-0.2, 0) is 9.53 Å². The van der Waals surface area contributed by atoms with E-state index in [2.05, 4.69) is 24.1 Å². The zero-order valence-electron chi connectivity index (χ0n) is 10.8. The van der Waals surface area contributed by atoms with Gasteiger partial charge in [0.2, 0.25) is 0 Å². The Hall–Kier alpha value is -0.650. The lowest BCUT2D eigenvalue weighted by atomic mass is 10.2. The van der Waals surface area contributed by atoms with Gasteiger partial charge in [0.1, 0.15) is 0 Å². The largest absolute Gasteiger partial charge is 0.479 e. The van der Waals surface area contributed by atoms with E-state index in [1.165, 1.54) is 0 Å².